The number of oxime groups is 1. The van der Waals surface area contributed by atoms with Crippen molar-refractivity contribution in [1.82, 2.24) is 0 Å². The maximum atomic E-state index is 8.81. The second kappa shape index (κ2) is 6.35. The minimum absolute atomic E-state index is 0.0635. The quantitative estimate of drug-likeness (QED) is 0.355. The van der Waals surface area contributed by atoms with Crippen LogP contribution in [0.3, 0.4) is 0 Å². The van der Waals surface area contributed by atoms with Crippen LogP contribution in [-0.4, -0.2) is 11.0 Å². The van der Waals surface area contributed by atoms with Crippen LogP contribution in [0.15, 0.2) is 46.0 Å². The average Bonchev–Trinajstić information content (AvgIpc) is 2.42. The lowest BCUT2D eigenvalue weighted by Gasteiger charge is -2.12. The fourth-order valence-electron chi connectivity index (χ4n) is 1.52. The van der Waals surface area contributed by atoms with Crippen LogP contribution in [0.5, 0.6) is 11.5 Å². The molecule has 4 nitrogen and oxygen atoms in total. The second-order valence-electron chi connectivity index (χ2n) is 3.80. The molecule has 0 spiro atoms. The van der Waals surface area contributed by atoms with Gasteiger partial charge in [0.1, 0.15) is 11.5 Å². The van der Waals surface area contributed by atoms with E-state index in [2.05, 4.69) is 21.1 Å². The third-order valence-electron chi connectivity index (χ3n) is 2.44. The summed E-state index contributed by atoms with van der Waals surface area (Å²) in [5, 5.41) is 12.7. The number of benzene rings is 2. The van der Waals surface area contributed by atoms with E-state index >= 15 is 0 Å². The minimum atomic E-state index is -0.0635. The number of halogens is 3. The topological polar surface area (TPSA) is 67.8 Å². The largest absolute Gasteiger partial charge is 0.455 e. The molecule has 3 N–H and O–H groups in total. The highest BCUT2D eigenvalue weighted by atomic mass is 79.9. The highest BCUT2D eigenvalue weighted by Crippen LogP contribution is 2.34. The molecule has 0 aromatic heterocycles. The van der Waals surface area contributed by atoms with Gasteiger partial charge in [0.2, 0.25) is 0 Å². The predicted octanol–water partition coefficient (Wildman–Crippen LogP) is 4.64. The zero-order valence-electron chi connectivity index (χ0n) is 9.98. The smallest absolute Gasteiger partial charge is 0.173 e. The molecule has 0 aliphatic carbocycles. The minimum Gasteiger partial charge on any atom is -0.455 e. The van der Waals surface area contributed by atoms with Crippen molar-refractivity contribution in [2.45, 2.75) is 0 Å². The third kappa shape index (κ3) is 3.36. The van der Waals surface area contributed by atoms with Gasteiger partial charge in [-0.05, 0) is 36.4 Å². The Kier molecular flexibility index (Phi) is 4.75. The Labute approximate surface area is 133 Å². The first-order valence-corrected chi connectivity index (χ1v) is 6.96. The Morgan fingerprint density at radius 1 is 1.15 bits per heavy atom. The van der Waals surface area contributed by atoms with E-state index in [1.165, 1.54) is 0 Å². The predicted molar refractivity (Wildman–Crippen MR) is 83.2 cm³/mol. The van der Waals surface area contributed by atoms with Gasteiger partial charge in [0, 0.05) is 9.50 Å². The summed E-state index contributed by atoms with van der Waals surface area (Å²) >= 11 is 15.2. The van der Waals surface area contributed by atoms with Crippen molar-refractivity contribution in [1.29, 1.82) is 0 Å². The van der Waals surface area contributed by atoms with Crippen LogP contribution in [0.25, 0.3) is 0 Å². The number of amidine groups is 1. The molecular weight excluding hydrogens is 367 g/mol. The summed E-state index contributed by atoms with van der Waals surface area (Å²) in [6.45, 7) is 0. The van der Waals surface area contributed by atoms with Gasteiger partial charge in [0.15, 0.2) is 5.84 Å². The normalized spacial score (nSPS) is 11.4. The van der Waals surface area contributed by atoms with Gasteiger partial charge in [0.05, 0.1) is 10.6 Å². The molecule has 2 rings (SSSR count). The van der Waals surface area contributed by atoms with Gasteiger partial charge in [-0.25, -0.2) is 0 Å². The number of hydrogen-bond acceptors (Lipinski definition) is 3. The van der Waals surface area contributed by atoms with Crippen molar-refractivity contribution >= 4 is 45.0 Å². The Hall–Kier alpha value is -1.43. The first kappa shape index (κ1) is 15.0. The maximum Gasteiger partial charge on any atom is 0.173 e. The molecule has 0 aliphatic rings. The van der Waals surface area contributed by atoms with E-state index in [-0.39, 0.29) is 5.84 Å². The lowest BCUT2D eigenvalue weighted by Crippen LogP contribution is -2.14. The van der Waals surface area contributed by atoms with E-state index in [4.69, 9.17) is 38.9 Å². The van der Waals surface area contributed by atoms with Crippen LogP contribution in [0.4, 0.5) is 0 Å². The summed E-state index contributed by atoms with van der Waals surface area (Å²) in [6.07, 6.45) is 0. The standard InChI is InChI=1S/C13H9BrCl2N2O2/c14-7-1-3-11(9(5-7)13(17)18-19)20-12-4-2-8(15)6-10(12)16/h1-6,19H,(H2,17,18). The molecule has 2 aromatic carbocycles. The molecule has 20 heavy (non-hydrogen) atoms. The van der Waals surface area contributed by atoms with Crippen molar-refractivity contribution in [3.63, 3.8) is 0 Å². The Bertz CT molecular complexity index is 677. The van der Waals surface area contributed by atoms with E-state index in [1.54, 1.807) is 36.4 Å². The molecule has 0 radical (unpaired) electrons. The summed E-state index contributed by atoms with van der Waals surface area (Å²) in [4.78, 5) is 0. The third-order valence-corrected chi connectivity index (χ3v) is 3.46. The van der Waals surface area contributed by atoms with Crippen molar-refractivity contribution in [2.75, 3.05) is 0 Å². The maximum absolute atomic E-state index is 8.81. The van der Waals surface area contributed by atoms with E-state index in [9.17, 15) is 0 Å². The molecule has 0 heterocycles. The molecule has 0 saturated carbocycles. The molecule has 7 heteroatoms. The number of nitrogens with two attached hydrogens (primary N) is 1. The molecule has 0 fully saturated rings. The van der Waals surface area contributed by atoms with Crippen molar-refractivity contribution in [2.24, 2.45) is 10.9 Å². The molecule has 104 valence electrons. The monoisotopic (exact) mass is 374 g/mol. The van der Waals surface area contributed by atoms with Gasteiger partial charge >= 0.3 is 0 Å². The summed E-state index contributed by atoms with van der Waals surface area (Å²) < 4.78 is 6.46. The zero-order valence-corrected chi connectivity index (χ0v) is 13.1. The Balaban J connectivity index is 2.43. The molecule has 2 aromatic rings. The van der Waals surface area contributed by atoms with Crippen LogP contribution in [0.2, 0.25) is 10.0 Å². The molecule has 0 unspecified atom stereocenters. The Morgan fingerprint density at radius 3 is 2.50 bits per heavy atom. The summed E-state index contributed by atoms with van der Waals surface area (Å²) in [6, 6.07) is 10.00. The Morgan fingerprint density at radius 2 is 1.85 bits per heavy atom. The van der Waals surface area contributed by atoms with E-state index in [0.29, 0.717) is 27.1 Å². The van der Waals surface area contributed by atoms with Crippen molar-refractivity contribution in [3.05, 3.63) is 56.5 Å². The molecular formula is C13H9BrCl2N2O2. The van der Waals surface area contributed by atoms with Crippen molar-refractivity contribution < 1.29 is 9.94 Å². The van der Waals surface area contributed by atoms with Crippen LogP contribution < -0.4 is 10.5 Å². The first-order valence-electron chi connectivity index (χ1n) is 5.41. The fourth-order valence-corrected chi connectivity index (χ4v) is 2.33. The van der Waals surface area contributed by atoms with Gasteiger partial charge in [-0.1, -0.05) is 44.3 Å². The van der Waals surface area contributed by atoms with Gasteiger partial charge in [0.25, 0.3) is 0 Å². The zero-order chi connectivity index (χ0) is 14.7. The first-order chi connectivity index (χ1) is 9.51. The molecule has 0 bridgehead atoms. The van der Waals surface area contributed by atoms with Crippen LogP contribution in [-0.2, 0) is 0 Å². The van der Waals surface area contributed by atoms with Crippen LogP contribution in [0, 0.1) is 0 Å². The summed E-state index contributed by atoms with van der Waals surface area (Å²) in [5.41, 5.74) is 6.06. The van der Waals surface area contributed by atoms with Crippen molar-refractivity contribution in [3.8, 4) is 11.5 Å². The number of hydrogen-bond donors (Lipinski definition) is 2. The SMILES string of the molecule is N/C(=N/O)c1cc(Br)ccc1Oc1ccc(Cl)cc1Cl. The number of ether oxygens (including phenoxy) is 1. The number of rotatable bonds is 3. The molecule has 0 atom stereocenters. The highest BCUT2D eigenvalue weighted by molar-refractivity contribution is 9.10. The lowest BCUT2D eigenvalue weighted by molar-refractivity contribution is 0.318. The van der Waals surface area contributed by atoms with Crippen LogP contribution >= 0.6 is 39.1 Å². The lowest BCUT2D eigenvalue weighted by atomic mass is 10.2. The second-order valence-corrected chi connectivity index (χ2v) is 5.56. The van der Waals surface area contributed by atoms with Gasteiger partial charge in [-0.15, -0.1) is 0 Å². The summed E-state index contributed by atoms with van der Waals surface area (Å²) in [5.74, 6) is 0.768. The highest BCUT2D eigenvalue weighted by Gasteiger charge is 2.12. The van der Waals surface area contributed by atoms with Crippen LogP contribution in [0.1, 0.15) is 5.56 Å². The van der Waals surface area contributed by atoms with Gasteiger partial charge < -0.3 is 15.7 Å². The van der Waals surface area contributed by atoms with Gasteiger partial charge in [-0.3, -0.25) is 0 Å². The van der Waals surface area contributed by atoms with E-state index in [0.717, 1.165) is 4.47 Å². The number of nitrogens with zero attached hydrogens (tertiary/aromatic N) is 1. The summed E-state index contributed by atoms with van der Waals surface area (Å²) in [7, 11) is 0. The van der Waals surface area contributed by atoms with E-state index < -0.39 is 0 Å². The molecule has 0 aliphatic heterocycles. The van der Waals surface area contributed by atoms with Gasteiger partial charge in [-0.2, -0.15) is 0 Å². The molecule has 0 amide bonds. The molecule has 0 saturated heterocycles. The van der Waals surface area contributed by atoms with E-state index in [1.807, 2.05) is 0 Å². The fraction of sp³-hybridized carbons (Fsp3) is 0. The average molecular weight is 376 g/mol.